The third-order valence-corrected chi connectivity index (χ3v) is 5.71. The third kappa shape index (κ3) is 2.59. The summed E-state index contributed by atoms with van der Waals surface area (Å²) in [5.41, 5.74) is 2.76. The molecule has 2 bridgehead atoms. The van der Waals surface area contributed by atoms with Crippen LogP contribution in [0.3, 0.4) is 0 Å². The third-order valence-electron chi connectivity index (χ3n) is 5.71. The summed E-state index contributed by atoms with van der Waals surface area (Å²) in [7, 11) is 0. The minimum absolute atomic E-state index is 0.378. The van der Waals surface area contributed by atoms with Gasteiger partial charge in [-0.3, -0.25) is 4.79 Å². The first-order chi connectivity index (χ1) is 10.3. The van der Waals surface area contributed by atoms with E-state index < -0.39 is 0 Å². The molecule has 0 aromatic heterocycles. The normalized spacial score (nSPS) is 31.0. The Bertz CT molecular complexity index is 534. The Balaban J connectivity index is 1.40. The minimum atomic E-state index is 0.378. The van der Waals surface area contributed by atoms with Crippen molar-refractivity contribution in [3.8, 4) is 0 Å². The molecule has 0 spiro atoms. The summed E-state index contributed by atoms with van der Waals surface area (Å²) in [6, 6.07) is 8.55. The van der Waals surface area contributed by atoms with Gasteiger partial charge in [-0.1, -0.05) is 24.3 Å². The fourth-order valence-electron chi connectivity index (χ4n) is 4.38. The molecule has 5 rings (SSSR count). The van der Waals surface area contributed by atoms with Crippen LogP contribution in [-0.4, -0.2) is 41.9 Å². The standard InChI is InChI=1S/C18H24N2O/c21-18(11-17-12-19-8-5-15(17)6-9-19)20-10-7-14-3-1-2-4-16(14)13-20/h1-4,15,17H,5-13H2. The second-order valence-corrected chi connectivity index (χ2v) is 6.94. The molecule has 4 heterocycles. The van der Waals surface area contributed by atoms with Gasteiger partial charge in [0.1, 0.15) is 0 Å². The highest BCUT2D eigenvalue weighted by Gasteiger charge is 2.36. The average molecular weight is 284 g/mol. The smallest absolute Gasteiger partial charge is 0.223 e. The summed E-state index contributed by atoms with van der Waals surface area (Å²) >= 11 is 0. The second-order valence-electron chi connectivity index (χ2n) is 6.94. The van der Waals surface area contributed by atoms with E-state index >= 15 is 0 Å². The van der Waals surface area contributed by atoms with Crippen LogP contribution in [0.5, 0.6) is 0 Å². The predicted molar refractivity (Wildman–Crippen MR) is 82.8 cm³/mol. The molecule has 112 valence electrons. The van der Waals surface area contributed by atoms with Gasteiger partial charge in [0.15, 0.2) is 0 Å². The SMILES string of the molecule is O=C(CC1CN2CCC1CC2)N1CCc2ccccc2C1. The Labute approximate surface area is 126 Å². The van der Waals surface area contributed by atoms with Crippen molar-refractivity contribution in [1.82, 2.24) is 9.80 Å². The van der Waals surface area contributed by atoms with Crippen molar-refractivity contribution in [2.24, 2.45) is 11.8 Å². The first kappa shape index (κ1) is 13.3. The van der Waals surface area contributed by atoms with E-state index in [2.05, 4.69) is 34.1 Å². The van der Waals surface area contributed by atoms with Gasteiger partial charge in [-0.15, -0.1) is 0 Å². The van der Waals surface area contributed by atoms with E-state index in [0.717, 1.165) is 38.4 Å². The molecule has 1 atom stereocenters. The van der Waals surface area contributed by atoms with E-state index in [0.29, 0.717) is 11.8 Å². The molecule has 3 heteroatoms. The first-order valence-electron chi connectivity index (χ1n) is 8.36. The minimum Gasteiger partial charge on any atom is -0.338 e. The van der Waals surface area contributed by atoms with E-state index in [1.54, 1.807) is 0 Å². The van der Waals surface area contributed by atoms with Gasteiger partial charge in [0.05, 0.1) is 0 Å². The number of nitrogens with zero attached hydrogens (tertiary/aromatic N) is 2. The average Bonchev–Trinajstić information content (AvgIpc) is 2.55. The van der Waals surface area contributed by atoms with Gasteiger partial charge in [0, 0.05) is 26.1 Å². The molecule has 1 aromatic rings. The van der Waals surface area contributed by atoms with Crippen LogP contribution in [0, 0.1) is 11.8 Å². The predicted octanol–water partition coefficient (Wildman–Crippen LogP) is 2.30. The van der Waals surface area contributed by atoms with Crippen molar-refractivity contribution < 1.29 is 4.79 Å². The van der Waals surface area contributed by atoms with Crippen LogP contribution in [0.1, 0.15) is 30.4 Å². The van der Waals surface area contributed by atoms with E-state index in [1.165, 1.54) is 37.1 Å². The van der Waals surface area contributed by atoms with Crippen LogP contribution >= 0.6 is 0 Å². The molecule has 3 nitrogen and oxygen atoms in total. The number of benzene rings is 1. The van der Waals surface area contributed by atoms with Crippen LogP contribution in [0.15, 0.2) is 24.3 Å². The van der Waals surface area contributed by atoms with Crippen LogP contribution in [0.4, 0.5) is 0 Å². The quantitative estimate of drug-likeness (QED) is 0.832. The maximum atomic E-state index is 12.7. The molecule has 0 radical (unpaired) electrons. The lowest BCUT2D eigenvalue weighted by Crippen LogP contribution is -2.49. The topological polar surface area (TPSA) is 23.6 Å². The number of hydrogen-bond acceptors (Lipinski definition) is 2. The van der Waals surface area contributed by atoms with Gasteiger partial charge in [-0.05, 0) is 55.3 Å². The lowest BCUT2D eigenvalue weighted by molar-refractivity contribution is -0.134. The molecule has 1 amide bonds. The summed E-state index contributed by atoms with van der Waals surface area (Å²) in [5, 5.41) is 0. The Hall–Kier alpha value is -1.35. The molecule has 0 N–H and O–H groups in total. The molecule has 1 aromatic carbocycles. The Morgan fingerprint density at radius 2 is 1.86 bits per heavy atom. The molecule has 4 aliphatic rings. The highest BCUT2D eigenvalue weighted by Crippen LogP contribution is 2.34. The highest BCUT2D eigenvalue weighted by atomic mass is 16.2. The number of fused-ring (bicyclic) bond motifs is 4. The van der Waals surface area contributed by atoms with Crippen molar-refractivity contribution in [3.05, 3.63) is 35.4 Å². The molecular formula is C18H24N2O. The van der Waals surface area contributed by atoms with Crippen molar-refractivity contribution in [1.29, 1.82) is 0 Å². The van der Waals surface area contributed by atoms with Gasteiger partial charge < -0.3 is 9.80 Å². The Morgan fingerprint density at radius 1 is 1.10 bits per heavy atom. The maximum Gasteiger partial charge on any atom is 0.223 e. The van der Waals surface area contributed by atoms with Crippen molar-refractivity contribution >= 4 is 5.91 Å². The molecule has 4 aliphatic heterocycles. The Morgan fingerprint density at radius 3 is 2.57 bits per heavy atom. The number of hydrogen-bond donors (Lipinski definition) is 0. The molecule has 1 unspecified atom stereocenters. The van der Waals surface area contributed by atoms with Crippen molar-refractivity contribution in [2.75, 3.05) is 26.2 Å². The van der Waals surface area contributed by atoms with Gasteiger partial charge in [-0.25, -0.2) is 0 Å². The van der Waals surface area contributed by atoms with E-state index in [-0.39, 0.29) is 0 Å². The molecule has 0 aliphatic carbocycles. The Kier molecular flexibility index (Phi) is 3.46. The summed E-state index contributed by atoms with van der Waals surface area (Å²) in [5.74, 6) is 1.79. The lowest BCUT2D eigenvalue weighted by atomic mass is 9.77. The zero-order valence-corrected chi connectivity index (χ0v) is 12.6. The van der Waals surface area contributed by atoms with Crippen molar-refractivity contribution in [2.45, 2.75) is 32.2 Å². The number of carbonyl (C=O) groups is 1. The van der Waals surface area contributed by atoms with Crippen LogP contribution in [0.25, 0.3) is 0 Å². The largest absolute Gasteiger partial charge is 0.338 e. The summed E-state index contributed by atoms with van der Waals surface area (Å²) < 4.78 is 0. The number of piperidine rings is 3. The van der Waals surface area contributed by atoms with E-state index in [9.17, 15) is 4.79 Å². The first-order valence-corrected chi connectivity index (χ1v) is 8.36. The summed E-state index contributed by atoms with van der Waals surface area (Å²) in [4.78, 5) is 17.3. The van der Waals surface area contributed by atoms with E-state index in [4.69, 9.17) is 0 Å². The summed E-state index contributed by atoms with van der Waals surface area (Å²) in [6.07, 6.45) is 4.40. The van der Waals surface area contributed by atoms with Gasteiger partial charge in [0.25, 0.3) is 0 Å². The highest BCUT2D eigenvalue weighted by molar-refractivity contribution is 5.77. The molecule has 3 fully saturated rings. The zero-order chi connectivity index (χ0) is 14.2. The van der Waals surface area contributed by atoms with Crippen LogP contribution in [0.2, 0.25) is 0 Å². The molecule has 21 heavy (non-hydrogen) atoms. The number of amides is 1. The zero-order valence-electron chi connectivity index (χ0n) is 12.6. The van der Waals surface area contributed by atoms with E-state index in [1.807, 2.05) is 0 Å². The maximum absolute atomic E-state index is 12.7. The second kappa shape index (κ2) is 5.45. The fourth-order valence-corrected chi connectivity index (χ4v) is 4.38. The summed E-state index contributed by atoms with van der Waals surface area (Å²) in [6.45, 7) is 5.38. The lowest BCUT2D eigenvalue weighted by Gasteiger charge is -2.45. The van der Waals surface area contributed by atoms with Gasteiger partial charge in [0.2, 0.25) is 5.91 Å². The van der Waals surface area contributed by atoms with Crippen LogP contribution < -0.4 is 0 Å². The van der Waals surface area contributed by atoms with Crippen molar-refractivity contribution in [3.63, 3.8) is 0 Å². The monoisotopic (exact) mass is 284 g/mol. The number of carbonyl (C=O) groups excluding carboxylic acids is 1. The molecule has 0 saturated carbocycles. The molecular weight excluding hydrogens is 260 g/mol. The van der Waals surface area contributed by atoms with Gasteiger partial charge in [-0.2, -0.15) is 0 Å². The number of rotatable bonds is 2. The van der Waals surface area contributed by atoms with Gasteiger partial charge >= 0.3 is 0 Å². The van der Waals surface area contributed by atoms with Crippen LogP contribution in [-0.2, 0) is 17.8 Å². The fraction of sp³-hybridized carbons (Fsp3) is 0.611. The molecule has 3 saturated heterocycles.